The monoisotopic (exact) mass is 2090 g/mol. The van der Waals surface area contributed by atoms with Crippen LogP contribution in [0.25, 0.3) is 43.6 Å². The van der Waals surface area contributed by atoms with E-state index < -0.39 is 59.0 Å². The summed E-state index contributed by atoms with van der Waals surface area (Å²) in [6, 6.07) is 35.9. The van der Waals surface area contributed by atoms with E-state index in [1.807, 2.05) is 131 Å². The fraction of sp³-hybridized carbons (Fsp3) is 0.333. The van der Waals surface area contributed by atoms with E-state index in [4.69, 9.17) is 67.3 Å². The number of nitrogens with zero attached hydrogens (tertiary/aromatic N) is 18. The third-order valence-corrected chi connectivity index (χ3v) is 28.9. The second-order valence-electron chi connectivity index (χ2n) is 37.4. The van der Waals surface area contributed by atoms with Gasteiger partial charge in [-0.25, -0.2) is 47.1 Å². The van der Waals surface area contributed by atoms with Crippen molar-refractivity contribution in [3.8, 4) is 12.0 Å². The van der Waals surface area contributed by atoms with Crippen LogP contribution in [0.2, 0.25) is 20.1 Å². The summed E-state index contributed by atoms with van der Waals surface area (Å²) in [5.41, 5.74) is 19.4. The van der Waals surface area contributed by atoms with Crippen LogP contribution >= 0.6 is 46.4 Å². The van der Waals surface area contributed by atoms with Gasteiger partial charge in [-0.1, -0.05) is 156 Å². The number of aromatic nitrogens is 8. The van der Waals surface area contributed by atoms with Gasteiger partial charge in [0.2, 0.25) is 23.6 Å². The zero-order valence-corrected chi connectivity index (χ0v) is 85.2. The Bertz CT molecular complexity index is 7110. The van der Waals surface area contributed by atoms with Crippen LogP contribution in [0.3, 0.4) is 0 Å². The molecular formula is C108H110Cl4F4N20O12. The summed E-state index contributed by atoms with van der Waals surface area (Å²) in [4.78, 5) is 125. The number of allylic oxidation sites excluding steroid dienone is 9. The largest absolute Gasteiger partial charge is 0.512 e. The van der Waals surface area contributed by atoms with Gasteiger partial charge in [0.05, 0.1) is 35.9 Å². The molecule has 8 amide bonds. The Hall–Kier alpha value is -14.9. The number of piperazine rings is 4. The number of urea groups is 2. The van der Waals surface area contributed by atoms with E-state index in [0.29, 0.717) is 193 Å². The molecule has 20 rings (SSSR count). The normalized spacial score (nSPS) is 17.5. The molecule has 148 heavy (non-hydrogen) atoms. The van der Waals surface area contributed by atoms with Crippen LogP contribution in [0.15, 0.2) is 193 Å². The minimum Gasteiger partial charge on any atom is -0.512 e. The standard InChI is InChI=1S/2C28H30ClFN6O4.C26H26ClFN4O2.C26H24ClFN4O2/c2*1-34(2)22(38)7-12-40-28-32-25-20(26(33-28)35-8-10-36(11-9-35)27(31)39)15-21(29)23(24(25)30)19-14-17(37)13-16-5-3-4-6-18(16)19;2*1-2-5-22(34)31-8-10-32(11-9-31)26-20-14-21(27)23(24(28)25(20)29-15-30-26)19-13-17(33)12-16-6-3-4-7-18(16)19/h2*3-6,14-15,19,37H,7-13H2,1-2H3,(H2,31,39);3-4,6-7,13-15,19,33H,2,5,8-12H2,1H3;2-7,13-15,19,33H,8-12H2,1H3/b;;;5-2+/t4*19-/m1111/s1. The lowest BCUT2D eigenvalue weighted by atomic mass is 9.82. The number of rotatable bonds is 19. The molecule has 12 aromatic rings. The molecule has 8 N–H and O–H groups in total. The molecular weight excluding hydrogens is 1990 g/mol. The van der Waals surface area contributed by atoms with Crippen molar-refractivity contribution in [1.82, 2.24) is 69.3 Å². The summed E-state index contributed by atoms with van der Waals surface area (Å²) in [5, 5.41) is 44.3. The molecule has 8 heterocycles. The minimum atomic E-state index is -0.651. The Labute approximate surface area is 870 Å². The number of halogens is 8. The highest BCUT2D eigenvalue weighted by molar-refractivity contribution is 6.34. The van der Waals surface area contributed by atoms with Crippen molar-refractivity contribution in [1.29, 1.82) is 0 Å². The van der Waals surface area contributed by atoms with E-state index in [-0.39, 0.29) is 138 Å². The molecule has 4 saturated heterocycles. The summed E-state index contributed by atoms with van der Waals surface area (Å²) in [6.07, 6.45) is 15.6. The number of anilines is 4. The molecule has 0 radical (unpaired) electrons. The maximum atomic E-state index is 16.5. The number of carbonyl (C=O) groups excluding carboxylic acids is 6. The lowest BCUT2D eigenvalue weighted by Gasteiger charge is -2.36. The molecule has 32 nitrogen and oxygen atoms in total. The molecule has 770 valence electrons. The summed E-state index contributed by atoms with van der Waals surface area (Å²) < 4.78 is 76.4. The molecule has 4 aliphatic carbocycles. The van der Waals surface area contributed by atoms with Gasteiger partial charge in [0.1, 0.15) is 71.2 Å². The van der Waals surface area contributed by atoms with Crippen molar-refractivity contribution >= 4 is 149 Å². The third-order valence-electron chi connectivity index (χ3n) is 27.6. The van der Waals surface area contributed by atoms with Crippen LogP contribution in [0.5, 0.6) is 12.0 Å². The van der Waals surface area contributed by atoms with Gasteiger partial charge in [-0.15, -0.1) is 0 Å². The molecule has 4 atom stereocenters. The van der Waals surface area contributed by atoms with E-state index >= 15 is 17.6 Å². The Kier molecular flexibility index (Phi) is 32.2. The highest BCUT2D eigenvalue weighted by Gasteiger charge is 2.38. The molecule has 0 saturated carbocycles. The van der Waals surface area contributed by atoms with Crippen LogP contribution in [0.1, 0.15) is 130 Å². The van der Waals surface area contributed by atoms with E-state index in [1.54, 1.807) is 93.8 Å². The molecule has 8 aliphatic rings. The van der Waals surface area contributed by atoms with Gasteiger partial charge in [0.15, 0.2) is 23.3 Å². The number of amides is 8. The predicted octanol–water partition coefficient (Wildman–Crippen LogP) is 17.0. The first-order valence-electron chi connectivity index (χ1n) is 48.7. The predicted molar refractivity (Wildman–Crippen MR) is 560 cm³/mol. The molecule has 4 fully saturated rings. The van der Waals surface area contributed by atoms with Crippen LogP contribution in [-0.2, 0) is 44.9 Å². The zero-order valence-electron chi connectivity index (χ0n) is 82.1. The smallest absolute Gasteiger partial charge is 0.319 e. The average Bonchev–Trinajstić information content (AvgIpc) is 0.745. The zero-order chi connectivity index (χ0) is 105. The maximum absolute atomic E-state index is 16.5. The minimum absolute atomic E-state index is 0.00604. The molecule has 8 aromatic carbocycles. The SMILES string of the molecule is C/C=C/C(=O)N1CCN(c2ncnc3c(F)c([C@@H]4C=C(O)Cc5ccccc54)c(Cl)cc23)CC1.CCCC(=O)N1CCN(c2ncnc3c(F)c([C@@H]4C=C(O)Cc5ccccc54)c(Cl)cc23)CC1.CN(C)C(=O)CCOc1nc(N2CCN(C(N)=O)CC2)c2cc(Cl)c([C@@H]3C=C(O)Cc4ccccc43)c(F)c2n1.CN(C)C(=O)CCOc1nc(N2CCN(C(N)=O)CC2)c2cc(Cl)c([C@@H]3C=C(O)Cc4ccccc43)c(F)c2n1. The van der Waals surface area contributed by atoms with Gasteiger partial charge in [0, 0.05) is 253 Å². The number of hydrogen-bond acceptors (Lipinski definition) is 24. The molecule has 4 aromatic heterocycles. The fourth-order valence-corrected chi connectivity index (χ4v) is 21.3. The quantitative estimate of drug-likeness (QED) is 0.0323. The molecule has 4 aliphatic heterocycles. The van der Waals surface area contributed by atoms with Gasteiger partial charge in [-0.05, 0) is 112 Å². The third kappa shape index (κ3) is 22.4. The highest BCUT2D eigenvalue weighted by atomic mass is 35.5. The number of aliphatic hydroxyl groups excluding tert-OH is 4. The van der Waals surface area contributed by atoms with E-state index in [1.165, 1.54) is 32.3 Å². The number of carbonyl (C=O) groups is 6. The van der Waals surface area contributed by atoms with Crippen LogP contribution in [0, 0.1) is 23.3 Å². The van der Waals surface area contributed by atoms with Gasteiger partial charge < -0.3 is 90.4 Å². The van der Waals surface area contributed by atoms with Crippen molar-refractivity contribution < 1.29 is 76.2 Å². The summed E-state index contributed by atoms with van der Waals surface area (Å²) in [5.74, 6) is -2.06. The van der Waals surface area contributed by atoms with Crippen molar-refractivity contribution in [3.05, 3.63) is 304 Å². The van der Waals surface area contributed by atoms with Gasteiger partial charge in [-0.2, -0.15) is 19.9 Å². The van der Waals surface area contributed by atoms with Crippen LogP contribution in [0.4, 0.5) is 50.4 Å². The molecule has 0 bridgehead atoms. The first-order chi connectivity index (χ1) is 71.2. The molecule has 0 spiro atoms. The van der Waals surface area contributed by atoms with Crippen LogP contribution < -0.4 is 40.5 Å². The Morgan fingerprint density at radius 1 is 0.392 bits per heavy atom. The number of nitrogens with two attached hydrogens (primary N) is 2. The Morgan fingerprint density at radius 3 is 0.973 bits per heavy atom. The maximum Gasteiger partial charge on any atom is 0.319 e. The van der Waals surface area contributed by atoms with Crippen LogP contribution in [-0.4, -0.2) is 272 Å². The summed E-state index contributed by atoms with van der Waals surface area (Å²) in [6.45, 7) is 11.6. The number of fused-ring (bicyclic) bond motifs is 8. The topological polar surface area (TPSA) is 389 Å². The highest BCUT2D eigenvalue weighted by Crippen LogP contribution is 2.49. The number of primary amides is 2. The Balaban J connectivity index is 0.000000135. The fourth-order valence-electron chi connectivity index (χ4n) is 20.1. The Morgan fingerprint density at radius 2 is 0.676 bits per heavy atom. The van der Waals surface area contributed by atoms with E-state index in [0.717, 1.165) is 50.9 Å². The van der Waals surface area contributed by atoms with E-state index in [2.05, 4.69) is 44.8 Å². The number of hydrogen-bond donors (Lipinski definition) is 6. The lowest BCUT2D eigenvalue weighted by molar-refractivity contribution is -0.131. The van der Waals surface area contributed by atoms with E-state index in [9.17, 15) is 49.2 Å². The summed E-state index contributed by atoms with van der Waals surface area (Å²) >= 11 is 26.9. The first-order valence-corrected chi connectivity index (χ1v) is 50.2. The van der Waals surface area contributed by atoms with Gasteiger partial charge >= 0.3 is 24.1 Å². The van der Waals surface area contributed by atoms with Gasteiger partial charge in [-0.3, -0.25) is 19.2 Å². The first kappa shape index (κ1) is 104. The van der Waals surface area contributed by atoms with Gasteiger partial charge in [0.25, 0.3) is 0 Å². The summed E-state index contributed by atoms with van der Waals surface area (Å²) in [7, 11) is 6.59. The van der Waals surface area contributed by atoms with Crippen molar-refractivity contribution in [3.63, 3.8) is 0 Å². The van der Waals surface area contributed by atoms with Crippen molar-refractivity contribution in [2.75, 3.05) is 166 Å². The second-order valence-corrected chi connectivity index (χ2v) is 39.0. The molecule has 0 unspecified atom stereocenters. The average molecular weight is 2100 g/mol. The van der Waals surface area contributed by atoms with Crippen molar-refractivity contribution in [2.45, 2.75) is 88.9 Å². The molecule has 40 heteroatoms. The lowest BCUT2D eigenvalue weighted by Crippen LogP contribution is -2.50. The number of ether oxygens (including phenoxy) is 2. The van der Waals surface area contributed by atoms with Crippen molar-refractivity contribution in [2.24, 2.45) is 11.5 Å². The number of benzene rings is 8. The number of aliphatic hydroxyl groups is 4. The second kappa shape index (κ2) is 45.6.